The highest BCUT2D eigenvalue weighted by Crippen LogP contribution is 2.31. The largest absolute Gasteiger partial charge is 0.348 e. The molecule has 0 aliphatic carbocycles. The van der Waals surface area contributed by atoms with E-state index in [1.807, 2.05) is 6.07 Å². The molecule has 2 rings (SSSR count). The Morgan fingerprint density at radius 1 is 1.53 bits per heavy atom. The van der Waals surface area contributed by atoms with Crippen LogP contribution in [0, 0.1) is 0 Å². The number of rotatable bonds is 3. The van der Waals surface area contributed by atoms with Crippen LogP contribution in [-0.2, 0) is 0 Å². The molecule has 2 heterocycles. The third kappa shape index (κ3) is 3.64. The lowest BCUT2D eigenvalue weighted by Crippen LogP contribution is -2.29. The number of hydrogen-bond donors (Lipinski definition) is 2. The van der Waals surface area contributed by atoms with Gasteiger partial charge in [-0.05, 0) is 50.9 Å². The fourth-order valence-electron chi connectivity index (χ4n) is 1.61. The van der Waals surface area contributed by atoms with Crippen LogP contribution in [0.25, 0.3) is 0 Å². The van der Waals surface area contributed by atoms with Crippen LogP contribution in [0.2, 0.25) is 0 Å². The predicted octanol–water partition coefficient (Wildman–Crippen LogP) is 2.92. The van der Waals surface area contributed by atoms with E-state index in [1.54, 1.807) is 0 Å². The maximum Gasteiger partial charge on any atom is 0.253 e. The van der Waals surface area contributed by atoms with Gasteiger partial charge in [0.2, 0.25) is 0 Å². The van der Waals surface area contributed by atoms with Crippen molar-refractivity contribution in [3.63, 3.8) is 0 Å². The van der Waals surface area contributed by atoms with E-state index in [9.17, 15) is 4.79 Å². The minimum absolute atomic E-state index is 0.0294. The van der Waals surface area contributed by atoms with Crippen LogP contribution in [0.1, 0.15) is 16.8 Å². The number of carbonyl (C=O) groups excluding carboxylic acids is 1. The zero-order valence-electron chi connectivity index (χ0n) is 9.06. The fraction of sp³-hybridized carbons (Fsp3) is 0.364. The van der Waals surface area contributed by atoms with E-state index in [0.717, 1.165) is 27.1 Å². The Morgan fingerprint density at radius 3 is 2.94 bits per heavy atom. The lowest BCUT2D eigenvalue weighted by Gasteiger charge is -2.14. The van der Waals surface area contributed by atoms with Crippen molar-refractivity contribution in [3.05, 3.63) is 30.9 Å². The predicted molar refractivity (Wildman–Crippen MR) is 77.6 cm³/mol. The van der Waals surface area contributed by atoms with Crippen molar-refractivity contribution < 1.29 is 4.79 Å². The summed E-state index contributed by atoms with van der Waals surface area (Å²) in [5.74, 6) is -0.0294. The van der Waals surface area contributed by atoms with E-state index in [2.05, 4.69) is 48.6 Å². The van der Waals surface area contributed by atoms with Gasteiger partial charge >= 0.3 is 0 Å². The van der Waals surface area contributed by atoms with E-state index in [1.165, 1.54) is 16.9 Å². The smallest absolute Gasteiger partial charge is 0.253 e. The summed E-state index contributed by atoms with van der Waals surface area (Å²) in [4.78, 5) is 11.9. The van der Waals surface area contributed by atoms with Crippen LogP contribution in [0.3, 0.4) is 0 Å². The maximum atomic E-state index is 11.9. The van der Waals surface area contributed by atoms with Gasteiger partial charge in [-0.2, -0.15) is 0 Å². The normalized spacial score (nSPS) is 15.5. The molecule has 6 heteroatoms. The molecule has 1 aromatic rings. The second-order valence-corrected chi connectivity index (χ2v) is 7.49. The van der Waals surface area contributed by atoms with Crippen molar-refractivity contribution in [2.24, 2.45) is 0 Å². The first-order valence-corrected chi connectivity index (χ1v) is 7.68. The Morgan fingerprint density at radius 2 is 2.35 bits per heavy atom. The lowest BCUT2D eigenvalue weighted by atomic mass is 10.1. The number of halogens is 2. The molecule has 1 aliphatic heterocycles. The van der Waals surface area contributed by atoms with Crippen molar-refractivity contribution in [2.45, 2.75) is 6.42 Å². The van der Waals surface area contributed by atoms with Crippen LogP contribution >= 0.6 is 43.2 Å². The number of thiophene rings is 1. The summed E-state index contributed by atoms with van der Waals surface area (Å²) in [7, 11) is 0. The summed E-state index contributed by atoms with van der Waals surface area (Å²) in [5.41, 5.74) is 1.99. The summed E-state index contributed by atoms with van der Waals surface area (Å²) in [6.45, 7) is 2.54. The van der Waals surface area contributed by atoms with E-state index in [4.69, 9.17) is 0 Å². The number of hydrogen-bond acceptors (Lipinski definition) is 3. The van der Waals surface area contributed by atoms with Crippen LogP contribution in [0.4, 0.5) is 0 Å². The monoisotopic (exact) mass is 378 g/mol. The number of nitrogens with one attached hydrogen (secondary N) is 2. The third-order valence-corrected chi connectivity index (χ3v) is 4.87. The second-order valence-electron chi connectivity index (χ2n) is 3.74. The molecule has 0 radical (unpaired) electrons. The maximum absolute atomic E-state index is 11.9. The molecule has 0 aromatic carbocycles. The average Bonchev–Trinajstić information content (AvgIpc) is 2.67. The van der Waals surface area contributed by atoms with Crippen molar-refractivity contribution in [1.82, 2.24) is 10.6 Å². The van der Waals surface area contributed by atoms with E-state index < -0.39 is 0 Å². The van der Waals surface area contributed by atoms with Crippen molar-refractivity contribution in [1.29, 1.82) is 0 Å². The van der Waals surface area contributed by atoms with Crippen LogP contribution in [-0.4, -0.2) is 25.5 Å². The SMILES string of the molecule is O=C(NCC1=CCNCC1)c1cc(Br)sc1Br. The second kappa shape index (κ2) is 6.13. The minimum atomic E-state index is -0.0294. The number of amides is 1. The average molecular weight is 380 g/mol. The van der Waals surface area contributed by atoms with Crippen molar-refractivity contribution in [2.75, 3.05) is 19.6 Å². The first-order valence-electron chi connectivity index (χ1n) is 5.28. The highest BCUT2D eigenvalue weighted by Gasteiger charge is 2.13. The summed E-state index contributed by atoms with van der Waals surface area (Å²) >= 11 is 8.26. The van der Waals surface area contributed by atoms with Gasteiger partial charge < -0.3 is 10.6 Å². The first kappa shape index (κ1) is 13.3. The zero-order chi connectivity index (χ0) is 12.3. The van der Waals surface area contributed by atoms with Gasteiger partial charge in [0.05, 0.1) is 13.1 Å². The molecule has 0 saturated heterocycles. The summed E-state index contributed by atoms with van der Waals surface area (Å²) in [6, 6.07) is 1.83. The standard InChI is InChI=1S/C11H12Br2N2OS/c12-9-5-8(10(13)17-9)11(16)15-6-7-1-3-14-4-2-7/h1,5,14H,2-4,6H2,(H,15,16). The van der Waals surface area contributed by atoms with Gasteiger partial charge in [0, 0.05) is 13.1 Å². The van der Waals surface area contributed by atoms with Gasteiger partial charge in [0.25, 0.3) is 5.91 Å². The molecule has 0 saturated carbocycles. The molecule has 1 aliphatic rings. The Kier molecular flexibility index (Phi) is 4.78. The Bertz CT molecular complexity index is 456. The molecule has 0 atom stereocenters. The summed E-state index contributed by atoms with van der Waals surface area (Å²) in [6.07, 6.45) is 3.15. The zero-order valence-corrected chi connectivity index (χ0v) is 13.0. The van der Waals surface area contributed by atoms with Gasteiger partial charge in [0.1, 0.15) is 0 Å². The number of carbonyl (C=O) groups is 1. The molecule has 1 amide bonds. The molecule has 17 heavy (non-hydrogen) atoms. The summed E-state index contributed by atoms with van der Waals surface area (Å²) < 4.78 is 1.82. The highest BCUT2D eigenvalue weighted by atomic mass is 79.9. The van der Waals surface area contributed by atoms with Crippen molar-refractivity contribution in [3.8, 4) is 0 Å². The topological polar surface area (TPSA) is 41.1 Å². The lowest BCUT2D eigenvalue weighted by molar-refractivity contribution is 0.0956. The quantitative estimate of drug-likeness (QED) is 0.792. The van der Waals surface area contributed by atoms with Gasteiger partial charge in [-0.25, -0.2) is 0 Å². The third-order valence-electron chi connectivity index (χ3n) is 2.54. The Hall–Kier alpha value is -0.170. The molecule has 92 valence electrons. The molecule has 0 bridgehead atoms. The van der Waals surface area contributed by atoms with Gasteiger partial charge in [0.15, 0.2) is 0 Å². The summed E-state index contributed by atoms with van der Waals surface area (Å²) in [5, 5.41) is 6.19. The molecule has 0 fully saturated rings. The fourth-order valence-corrected chi connectivity index (χ4v) is 4.41. The molecule has 0 unspecified atom stereocenters. The van der Waals surface area contributed by atoms with E-state index >= 15 is 0 Å². The van der Waals surface area contributed by atoms with Crippen LogP contribution in [0.15, 0.2) is 25.3 Å². The van der Waals surface area contributed by atoms with Gasteiger partial charge in [-0.15, -0.1) is 11.3 Å². The molecule has 1 aromatic heterocycles. The van der Waals surface area contributed by atoms with Gasteiger partial charge in [-0.1, -0.05) is 11.6 Å². The molecule has 2 N–H and O–H groups in total. The van der Waals surface area contributed by atoms with Crippen LogP contribution < -0.4 is 10.6 Å². The van der Waals surface area contributed by atoms with E-state index in [0.29, 0.717) is 12.1 Å². The highest BCUT2D eigenvalue weighted by molar-refractivity contribution is 9.12. The Labute approximate surface area is 121 Å². The first-order chi connectivity index (χ1) is 8.16. The molecular formula is C11H12Br2N2OS. The van der Waals surface area contributed by atoms with Gasteiger partial charge in [-0.3, -0.25) is 4.79 Å². The molecular weight excluding hydrogens is 368 g/mol. The minimum Gasteiger partial charge on any atom is -0.348 e. The Balaban J connectivity index is 1.93. The van der Waals surface area contributed by atoms with E-state index in [-0.39, 0.29) is 5.91 Å². The molecule has 3 nitrogen and oxygen atoms in total. The van der Waals surface area contributed by atoms with Crippen LogP contribution in [0.5, 0.6) is 0 Å². The molecule has 0 spiro atoms. The van der Waals surface area contributed by atoms with Crippen molar-refractivity contribution >= 4 is 49.1 Å².